The highest BCUT2D eigenvalue weighted by Crippen LogP contribution is 2.19. The number of phenols is 1. The van der Waals surface area contributed by atoms with E-state index in [1.165, 1.54) is 12.1 Å². The number of carbonyl (C=O) groups is 3. The maximum Gasteiger partial charge on any atom is 0.342 e. The second-order valence-corrected chi connectivity index (χ2v) is 6.74. The van der Waals surface area contributed by atoms with Crippen LogP contribution in [0.2, 0.25) is 0 Å². The molecule has 0 aromatic heterocycles. The number of rotatable bonds is 7. The van der Waals surface area contributed by atoms with Gasteiger partial charge in [0.15, 0.2) is 12.4 Å². The van der Waals surface area contributed by atoms with E-state index in [1.54, 1.807) is 37.3 Å². The van der Waals surface area contributed by atoms with Crippen LogP contribution >= 0.6 is 0 Å². The number of anilines is 1. The Morgan fingerprint density at radius 2 is 1.74 bits per heavy atom. The maximum absolute atomic E-state index is 12.2. The maximum atomic E-state index is 12.2. The number of ketones is 1. The number of Topliss-reactive ketones (excluding diaryl/α,β-unsaturated/α-hetero) is 1. The molecule has 2 aromatic carbocycles. The van der Waals surface area contributed by atoms with Gasteiger partial charge in [0.25, 0.3) is 0 Å². The number of hydrogen-bond acceptors (Lipinski definition) is 5. The molecule has 0 atom stereocenters. The highest BCUT2D eigenvalue weighted by molar-refractivity contribution is 6.00. The number of nitrogens with one attached hydrogen (secondary N) is 1. The molecule has 0 bridgehead atoms. The monoisotopic (exact) mass is 369 g/mol. The van der Waals surface area contributed by atoms with Gasteiger partial charge in [-0.2, -0.15) is 0 Å². The van der Waals surface area contributed by atoms with E-state index in [9.17, 15) is 19.5 Å². The number of aryl methyl sites for hydroxylation is 1. The Labute approximate surface area is 158 Å². The quantitative estimate of drug-likeness (QED) is 0.573. The Morgan fingerprint density at radius 1 is 1.07 bits per heavy atom. The van der Waals surface area contributed by atoms with Gasteiger partial charge in [-0.15, -0.1) is 0 Å². The standard InChI is InChI=1S/C21H23NO5/c1-13(2)10-20(25)22-16-7-5-15(6-8-16)19(24)12-27-21(26)17-9-4-14(3)11-18(17)23/h4-9,11,13,23H,10,12H2,1-3H3,(H,22,25). The average Bonchev–Trinajstić information content (AvgIpc) is 2.59. The molecule has 2 N–H and O–H groups in total. The predicted octanol–water partition coefficient (Wildman–Crippen LogP) is 3.72. The Morgan fingerprint density at radius 3 is 2.33 bits per heavy atom. The Kier molecular flexibility index (Phi) is 6.71. The van der Waals surface area contributed by atoms with Gasteiger partial charge >= 0.3 is 5.97 Å². The molecule has 0 fully saturated rings. The molecular weight excluding hydrogens is 346 g/mol. The van der Waals surface area contributed by atoms with Crippen molar-refractivity contribution in [3.8, 4) is 5.75 Å². The number of phenolic OH excluding ortho intramolecular Hbond substituents is 1. The van der Waals surface area contributed by atoms with Crippen molar-refractivity contribution < 1.29 is 24.2 Å². The smallest absolute Gasteiger partial charge is 0.342 e. The molecule has 2 aromatic rings. The lowest BCUT2D eigenvalue weighted by Gasteiger charge is -2.09. The summed E-state index contributed by atoms with van der Waals surface area (Å²) in [5.41, 5.74) is 1.77. The van der Waals surface area contributed by atoms with Crippen molar-refractivity contribution in [2.24, 2.45) is 5.92 Å². The van der Waals surface area contributed by atoms with Crippen molar-refractivity contribution in [2.75, 3.05) is 11.9 Å². The van der Waals surface area contributed by atoms with Gasteiger partial charge < -0.3 is 15.2 Å². The van der Waals surface area contributed by atoms with E-state index in [-0.39, 0.29) is 28.9 Å². The topological polar surface area (TPSA) is 92.7 Å². The molecule has 0 aliphatic rings. The molecule has 27 heavy (non-hydrogen) atoms. The first-order chi connectivity index (χ1) is 12.8. The highest BCUT2D eigenvalue weighted by atomic mass is 16.5. The van der Waals surface area contributed by atoms with Gasteiger partial charge in [-0.1, -0.05) is 19.9 Å². The molecule has 0 aliphatic heterocycles. The van der Waals surface area contributed by atoms with Gasteiger partial charge in [0, 0.05) is 17.7 Å². The first-order valence-electron chi connectivity index (χ1n) is 8.66. The zero-order chi connectivity index (χ0) is 20.0. The van der Waals surface area contributed by atoms with Crippen LogP contribution in [-0.4, -0.2) is 29.4 Å². The Hall–Kier alpha value is -3.15. The molecular formula is C21H23NO5. The number of amides is 1. The van der Waals surface area contributed by atoms with Crippen LogP contribution in [0, 0.1) is 12.8 Å². The molecule has 6 nitrogen and oxygen atoms in total. The summed E-state index contributed by atoms with van der Waals surface area (Å²) in [6, 6.07) is 10.9. The summed E-state index contributed by atoms with van der Waals surface area (Å²) in [7, 11) is 0. The minimum Gasteiger partial charge on any atom is -0.507 e. The molecule has 6 heteroatoms. The lowest BCUT2D eigenvalue weighted by Crippen LogP contribution is -2.15. The van der Waals surface area contributed by atoms with Crippen molar-refractivity contribution in [2.45, 2.75) is 27.2 Å². The first-order valence-corrected chi connectivity index (χ1v) is 8.66. The summed E-state index contributed by atoms with van der Waals surface area (Å²) >= 11 is 0. The van der Waals surface area contributed by atoms with E-state index < -0.39 is 12.6 Å². The van der Waals surface area contributed by atoms with Gasteiger partial charge in [0.2, 0.25) is 5.91 Å². The summed E-state index contributed by atoms with van der Waals surface area (Å²) in [6.07, 6.45) is 0.419. The highest BCUT2D eigenvalue weighted by Gasteiger charge is 2.15. The van der Waals surface area contributed by atoms with E-state index >= 15 is 0 Å². The van der Waals surface area contributed by atoms with E-state index in [1.807, 2.05) is 13.8 Å². The molecule has 0 unspecified atom stereocenters. The van der Waals surface area contributed by atoms with Gasteiger partial charge in [0.05, 0.1) is 0 Å². The average molecular weight is 369 g/mol. The van der Waals surface area contributed by atoms with Crippen LogP contribution in [0.5, 0.6) is 5.75 Å². The normalized spacial score (nSPS) is 10.5. The molecule has 0 heterocycles. The Balaban J connectivity index is 1.92. The van der Waals surface area contributed by atoms with E-state index in [4.69, 9.17) is 4.74 Å². The third-order valence-electron chi connectivity index (χ3n) is 3.79. The third-order valence-corrected chi connectivity index (χ3v) is 3.79. The Bertz CT molecular complexity index is 840. The van der Waals surface area contributed by atoms with Crippen LogP contribution in [0.1, 0.15) is 46.5 Å². The number of aromatic hydroxyl groups is 1. The molecule has 142 valence electrons. The second kappa shape index (κ2) is 8.98. The summed E-state index contributed by atoms with van der Waals surface area (Å²) in [6.45, 7) is 5.26. The molecule has 0 saturated carbocycles. The van der Waals surface area contributed by atoms with Crippen molar-refractivity contribution in [1.29, 1.82) is 0 Å². The lowest BCUT2D eigenvalue weighted by molar-refractivity contribution is -0.116. The van der Waals surface area contributed by atoms with Gasteiger partial charge in [-0.05, 0) is 54.8 Å². The summed E-state index contributed by atoms with van der Waals surface area (Å²) in [4.78, 5) is 35.9. The SMILES string of the molecule is Cc1ccc(C(=O)OCC(=O)c2ccc(NC(=O)CC(C)C)cc2)c(O)c1. The van der Waals surface area contributed by atoms with Crippen molar-refractivity contribution in [3.63, 3.8) is 0 Å². The zero-order valence-corrected chi connectivity index (χ0v) is 15.6. The lowest BCUT2D eigenvalue weighted by atomic mass is 10.1. The molecule has 0 spiro atoms. The third kappa shape index (κ3) is 5.95. The zero-order valence-electron chi connectivity index (χ0n) is 15.6. The number of carbonyl (C=O) groups excluding carboxylic acids is 3. The fraction of sp³-hybridized carbons (Fsp3) is 0.286. The fourth-order valence-electron chi connectivity index (χ4n) is 2.43. The molecule has 0 radical (unpaired) electrons. The minimum atomic E-state index is -0.765. The molecule has 0 saturated heterocycles. The molecule has 0 aliphatic carbocycles. The van der Waals surface area contributed by atoms with Crippen molar-refractivity contribution >= 4 is 23.3 Å². The first kappa shape index (κ1) is 20.2. The summed E-state index contributed by atoms with van der Waals surface area (Å²) in [5, 5.41) is 12.5. The molecule has 1 amide bonds. The molecule has 2 rings (SSSR count). The van der Waals surface area contributed by atoms with Crippen LogP contribution in [-0.2, 0) is 9.53 Å². The summed E-state index contributed by atoms with van der Waals surface area (Å²) < 4.78 is 4.99. The van der Waals surface area contributed by atoms with Crippen molar-refractivity contribution in [1.82, 2.24) is 0 Å². The van der Waals surface area contributed by atoms with Crippen LogP contribution < -0.4 is 5.32 Å². The van der Waals surface area contributed by atoms with Crippen LogP contribution in [0.25, 0.3) is 0 Å². The number of ether oxygens (including phenoxy) is 1. The van der Waals surface area contributed by atoms with Gasteiger partial charge in [0.1, 0.15) is 11.3 Å². The number of benzene rings is 2. The van der Waals surface area contributed by atoms with E-state index in [0.29, 0.717) is 17.7 Å². The van der Waals surface area contributed by atoms with E-state index in [0.717, 1.165) is 5.56 Å². The largest absolute Gasteiger partial charge is 0.507 e. The predicted molar refractivity (Wildman–Crippen MR) is 102 cm³/mol. The number of hydrogen-bond donors (Lipinski definition) is 2. The number of esters is 1. The van der Waals surface area contributed by atoms with Crippen LogP contribution in [0.3, 0.4) is 0 Å². The van der Waals surface area contributed by atoms with Crippen molar-refractivity contribution in [3.05, 3.63) is 59.2 Å². The summed E-state index contributed by atoms with van der Waals surface area (Å²) in [5.74, 6) is -1.16. The van der Waals surface area contributed by atoms with Gasteiger partial charge in [-0.3, -0.25) is 9.59 Å². The fourth-order valence-corrected chi connectivity index (χ4v) is 2.43. The van der Waals surface area contributed by atoms with E-state index in [2.05, 4.69) is 5.32 Å². The van der Waals surface area contributed by atoms with Crippen LogP contribution in [0.4, 0.5) is 5.69 Å². The van der Waals surface area contributed by atoms with Gasteiger partial charge in [-0.25, -0.2) is 4.79 Å². The minimum absolute atomic E-state index is 0.0108. The second-order valence-electron chi connectivity index (χ2n) is 6.74. The van der Waals surface area contributed by atoms with Crippen LogP contribution in [0.15, 0.2) is 42.5 Å².